The number of H-pyrrole nitrogens is 1. The number of hydrogen-bond acceptors (Lipinski definition) is 5. The van der Waals surface area contributed by atoms with Crippen LogP contribution >= 0.6 is 0 Å². The molecule has 1 aliphatic heterocycles. The molecule has 2 aliphatic rings. The Kier molecular flexibility index (Phi) is 6.20. The number of aromatic nitrogens is 3. The second-order valence-corrected chi connectivity index (χ2v) is 7.14. The summed E-state index contributed by atoms with van der Waals surface area (Å²) < 4.78 is 0. The lowest BCUT2D eigenvalue weighted by Crippen LogP contribution is -2.47. The average molecular weight is 334 g/mol. The van der Waals surface area contributed by atoms with E-state index in [0.29, 0.717) is 18.5 Å². The van der Waals surface area contributed by atoms with Gasteiger partial charge in [0.2, 0.25) is 5.91 Å². The molecule has 0 radical (unpaired) electrons. The standard InChI is InChI=1S/C17H30N6O/c1-18-15(24)11-23-9-7-14(8-10-23)21-16(17-19-12-20-22-17)13-5-3-2-4-6-13/h12-14,16,21H,2-11H2,1H3,(H,18,24)(H,19,20,22). The first kappa shape index (κ1) is 17.4. The van der Waals surface area contributed by atoms with Gasteiger partial charge >= 0.3 is 0 Å². The summed E-state index contributed by atoms with van der Waals surface area (Å²) in [4.78, 5) is 18.2. The minimum Gasteiger partial charge on any atom is -0.358 e. The first-order valence-corrected chi connectivity index (χ1v) is 9.30. The maximum Gasteiger partial charge on any atom is 0.233 e. The summed E-state index contributed by atoms with van der Waals surface area (Å²) in [6, 6.07) is 0.770. The third-order valence-electron chi connectivity index (χ3n) is 5.50. The van der Waals surface area contributed by atoms with E-state index in [9.17, 15) is 4.79 Å². The summed E-state index contributed by atoms with van der Waals surface area (Å²) >= 11 is 0. The van der Waals surface area contributed by atoms with Gasteiger partial charge in [-0.1, -0.05) is 19.3 Å². The van der Waals surface area contributed by atoms with E-state index in [0.717, 1.165) is 31.8 Å². The van der Waals surface area contributed by atoms with Gasteiger partial charge in [0.1, 0.15) is 12.2 Å². The number of carbonyl (C=O) groups excluding carboxylic acids is 1. The molecular weight excluding hydrogens is 304 g/mol. The number of piperidine rings is 1. The van der Waals surface area contributed by atoms with Crippen LogP contribution in [0.1, 0.15) is 56.8 Å². The predicted octanol–water partition coefficient (Wildman–Crippen LogP) is 1.23. The highest BCUT2D eigenvalue weighted by Gasteiger charge is 2.30. The number of nitrogens with one attached hydrogen (secondary N) is 3. The van der Waals surface area contributed by atoms with Crippen LogP contribution in [0, 0.1) is 5.92 Å². The van der Waals surface area contributed by atoms with Crippen molar-refractivity contribution in [1.82, 2.24) is 30.7 Å². The van der Waals surface area contributed by atoms with Crippen LogP contribution in [0.3, 0.4) is 0 Å². The summed E-state index contributed by atoms with van der Waals surface area (Å²) in [6.07, 6.45) is 10.3. The van der Waals surface area contributed by atoms with E-state index < -0.39 is 0 Å². The van der Waals surface area contributed by atoms with Gasteiger partial charge in [-0.05, 0) is 31.6 Å². The number of amides is 1. The van der Waals surface area contributed by atoms with Gasteiger partial charge in [0.25, 0.3) is 0 Å². The number of aromatic amines is 1. The van der Waals surface area contributed by atoms with E-state index in [-0.39, 0.29) is 11.9 Å². The molecule has 134 valence electrons. The summed E-state index contributed by atoms with van der Waals surface area (Å²) in [7, 11) is 1.70. The number of rotatable bonds is 6. The summed E-state index contributed by atoms with van der Waals surface area (Å²) in [5.41, 5.74) is 0. The zero-order valence-electron chi connectivity index (χ0n) is 14.6. The minimum absolute atomic E-state index is 0.100. The Morgan fingerprint density at radius 2 is 2.04 bits per heavy atom. The first-order chi connectivity index (χ1) is 11.8. The molecule has 1 aromatic rings. The third kappa shape index (κ3) is 4.54. The molecule has 1 saturated heterocycles. The van der Waals surface area contributed by atoms with E-state index in [4.69, 9.17) is 0 Å². The Morgan fingerprint density at radius 3 is 2.67 bits per heavy atom. The van der Waals surface area contributed by atoms with Crippen molar-refractivity contribution >= 4 is 5.91 Å². The monoisotopic (exact) mass is 334 g/mol. The average Bonchev–Trinajstić information content (AvgIpc) is 3.16. The van der Waals surface area contributed by atoms with Gasteiger partial charge < -0.3 is 10.6 Å². The van der Waals surface area contributed by atoms with Crippen molar-refractivity contribution in [2.45, 2.75) is 57.0 Å². The van der Waals surface area contributed by atoms with E-state index in [1.807, 2.05) is 0 Å². The van der Waals surface area contributed by atoms with Crippen LogP contribution in [0.15, 0.2) is 6.33 Å². The molecule has 0 aromatic carbocycles. The Hall–Kier alpha value is -1.47. The highest BCUT2D eigenvalue weighted by Crippen LogP contribution is 2.34. The molecule has 2 heterocycles. The van der Waals surface area contributed by atoms with Crippen LogP contribution < -0.4 is 10.6 Å². The lowest BCUT2D eigenvalue weighted by Gasteiger charge is -2.37. The number of likely N-dealkylation sites (tertiary alicyclic amines) is 1. The SMILES string of the molecule is CNC(=O)CN1CCC(NC(c2ncn[nH]2)C2CCCCC2)CC1. The van der Waals surface area contributed by atoms with E-state index in [1.54, 1.807) is 13.4 Å². The van der Waals surface area contributed by atoms with Crippen molar-refractivity contribution in [3.63, 3.8) is 0 Å². The molecule has 1 unspecified atom stereocenters. The summed E-state index contributed by atoms with van der Waals surface area (Å²) in [5, 5.41) is 13.7. The molecular formula is C17H30N6O. The Balaban J connectivity index is 1.55. The molecule has 2 fully saturated rings. The van der Waals surface area contributed by atoms with Crippen molar-refractivity contribution in [1.29, 1.82) is 0 Å². The van der Waals surface area contributed by atoms with Gasteiger partial charge in [0.15, 0.2) is 0 Å². The van der Waals surface area contributed by atoms with Gasteiger partial charge in [-0.25, -0.2) is 4.98 Å². The third-order valence-corrected chi connectivity index (χ3v) is 5.50. The van der Waals surface area contributed by atoms with Crippen LogP contribution in [-0.2, 0) is 4.79 Å². The van der Waals surface area contributed by atoms with E-state index in [1.165, 1.54) is 32.1 Å². The molecule has 1 atom stereocenters. The maximum absolute atomic E-state index is 11.5. The molecule has 7 nitrogen and oxygen atoms in total. The fourth-order valence-corrected chi connectivity index (χ4v) is 4.06. The molecule has 3 N–H and O–H groups in total. The minimum atomic E-state index is 0.100. The molecule has 1 saturated carbocycles. The normalized spacial score (nSPS) is 22.4. The molecule has 1 aliphatic carbocycles. The van der Waals surface area contributed by atoms with Gasteiger partial charge in [-0.2, -0.15) is 5.10 Å². The summed E-state index contributed by atoms with van der Waals surface area (Å²) in [6.45, 7) is 2.45. The largest absolute Gasteiger partial charge is 0.358 e. The number of hydrogen-bond donors (Lipinski definition) is 3. The smallest absolute Gasteiger partial charge is 0.233 e. The molecule has 1 amide bonds. The number of nitrogens with zero attached hydrogens (tertiary/aromatic N) is 3. The van der Waals surface area contributed by atoms with Crippen molar-refractivity contribution in [3.8, 4) is 0 Å². The van der Waals surface area contributed by atoms with Crippen molar-refractivity contribution in [2.75, 3.05) is 26.7 Å². The lowest BCUT2D eigenvalue weighted by molar-refractivity contribution is -0.122. The predicted molar refractivity (Wildman–Crippen MR) is 92.4 cm³/mol. The molecule has 24 heavy (non-hydrogen) atoms. The molecule has 7 heteroatoms. The van der Waals surface area contributed by atoms with Crippen LogP contribution in [0.2, 0.25) is 0 Å². The van der Waals surface area contributed by atoms with Crippen LogP contribution in [-0.4, -0.2) is 58.7 Å². The second-order valence-electron chi connectivity index (χ2n) is 7.14. The van der Waals surface area contributed by atoms with E-state index >= 15 is 0 Å². The quantitative estimate of drug-likeness (QED) is 0.728. The Bertz CT molecular complexity index is 491. The van der Waals surface area contributed by atoms with Gasteiger partial charge in [-0.3, -0.25) is 14.8 Å². The molecule has 0 spiro atoms. The Morgan fingerprint density at radius 1 is 1.29 bits per heavy atom. The van der Waals surface area contributed by atoms with Crippen molar-refractivity contribution in [3.05, 3.63) is 12.2 Å². The van der Waals surface area contributed by atoms with Crippen LogP contribution in [0.4, 0.5) is 0 Å². The summed E-state index contributed by atoms with van der Waals surface area (Å²) in [5.74, 6) is 1.73. The highest BCUT2D eigenvalue weighted by molar-refractivity contribution is 5.77. The topological polar surface area (TPSA) is 85.9 Å². The molecule has 0 bridgehead atoms. The number of carbonyl (C=O) groups is 1. The van der Waals surface area contributed by atoms with E-state index in [2.05, 4.69) is 30.7 Å². The zero-order valence-corrected chi connectivity index (χ0v) is 14.6. The van der Waals surface area contributed by atoms with Crippen molar-refractivity contribution in [2.24, 2.45) is 5.92 Å². The zero-order chi connectivity index (χ0) is 16.8. The fraction of sp³-hybridized carbons (Fsp3) is 0.824. The van der Waals surface area contributed by atoms with Crippen LogP contribution in [0.25, 0.3) is 0 Å². The van der Waals surface area contributed by atoms with Gasteiger partial charge in [0, 0.05) is 26.2 Å². The molecule has 3 rings (SSSR count). The number of likely N-dealkylation sites (N-methyl/N-ethyl adjacent to an activating group) is 1. The highest BCUT2D eigenvalue weighted by atomic mass is 16.1. The lowest BCUT2D eigenvalue weighted by atomic mass is 9.83. The van der Waals surface area contributed by atoms with Crippen molar-refractivity contribution < 1.29 is 4.79 Å². The fourth-order valence-electron chi connectivity index (χ4n) is 4.06. The Labute approximate surface area is 144 Å². The maximum atomic E-state index is 11.5. The first-order valence-electron chi connectivity index (χ1n) is 9.30. The van der Waals surface area contributed by atoms with Gasteiger partial charge in [0.05, 0.1) is 12.6 Å². The van der Waals surface area contributed by atoms with Gasteiger partial charge in [-0.15, -0.1) is 0 Å². The van der Waals surface area contributed by atoms with Crippen LogP contribution in [0.5, 0.6) is 0 Å². The molecule has 1 aromatic heterocycles. The second kappa shape index (κ2) is 8.58.